The number of para-hydroxylation sites is 1. The van der Waals surface area contributed by atoms with E-state index in [1.54, 1.807) is 0 Å². The fourth-order valence-corrected chi connectivity index (χ4v) is 2.31. The number of nitrogens with two attached hydrogens (primary N) is 1. The van der Waals surface area contributed by atoms with Gasteiger partial charge in [0.2, 0.25) is 0 Å². The van der Waals surface area contributed by atoms with E-state index in [4.69, 9.17) is 5.73 Å². The number of nitrogen functional groups attached to an aromatic ring is 1. The van der Waals surface area contributed by atoms with Gasteiger partial charge < -0.3 is 11.1 Å². The molecule has 0 amide bonds. The summed E-state index contributed by atoms with van der Waals surface area (Å²) in [5.74, 6) is 0.969. The minimum Gasteiger partial charge on any atom is -0.398 e. The number of benzene rings is 1. The molecule has 0 radical (unpaired) electrons. The van der Waals surface area contributed by atoms with Crippen molar-refractivity contribution in [3.05, 3.63) is 47.8 Å². The molecule has 0 fully saturated rings. The van der Waals surface area contributed by atoms with Crippen LogP contribution in [0.15, 0.2) is 36.4 Å². The van der Waals surface area contributed by atoms with Crippen LogP contribution in [-0.4, -0.2) is 14.8 Å². The smallest absolute Gasteiger partial charge is 0.124 e. The Hall–Kier alpha value is -2.56. The average Bonchev–Trinajstić information content (AvgIpc) is 2.75. The van der Waals surface area contributed by atoms with Gasteiger partial charge in [-0.3, -0.25) is 9.67 Å². The summed E-state index contributed by atoms with van der Waals surface area (Å²) in [4.78, 5) is 4.62. The fraction of sp³-hybridized carbons (Fsp3) is 0.200. The first-order valence-corrected chi connectivity index (χ1v) is 6.52. The van der Waals surface area contributed by atoms with Crippen LogP contribution in [0.2, 0.25) is 0 Å². The van der Waals surface area contributed by atoms with Gasteiger partial charge in [0.25, 0.3) is 0 Å². The molecule has 0 unspecified atom stereocenters. The van der Waals surface area contributed by atoms with Gasteiger partial charge in [-0.2, -0.15) is 5.10 Å². The third-order valence-corrected chi connectivity index (χ3v) is 3.25. The van der Waals surface area contributed by atoms with Gasteiger partial charge >= 0.3 is 0 Å². The van der Waals surface area contributed by atoms with Gasteiger partial charge in [-0.1, -0.05) is 18.2 Å². The zero-order valence-corrected chi connectivity index (χ0v) is 11.6. The molecule has 0 bridgehead atoms. The van der Waals surface area contributed by atoms with E-state index >= 15 is 0 Å². The third-order valence-electron chi connectivity index (χ3n) is 3.25. The largest absolute Gasteiger partial charge is 0.398 e. The number of fused-ring (bicyclic) bond motifs is 1. The summed E-state index contributed by atoms with van der Waals surface area (Å²) in [5.41, 5.74) is 9.66. The second kappa shape index (κ2) is 4.85. The summed E-state index contributed by atoms with van der Waals surface area (Å²) < 4.78 is 1.82. The number of hydrogen-bond acceptors (Lipinski definition) is 4. The van der Waals surface area contributed by atoms with Gasteiger partial charge in [-0.15, -0.1) is 0 Å². The van der Waals surface area contributed by atoms with Crippen LogP contribution in [0.1, 0.15) is 11.4 Å². The Bertz CT molecular complexity index is 760. The molecule has 102 valence electrons. The molecule has 1 aromatic carbocycles. The SMILES string of the molecule is Cc1cc(NCc2cc(N)c3ccccc3n2)n(C)n1. The molecule has 3 N–H and O–H groups in total. The second-order valence-electron chi connectivity index (χ2n) is 4.87. The van der Waals surface area contributed by atoms with Gasteiger partial charge in [0, 0.05) is 24.2 Å². The molecular formula is C15H17N5. The molecule has 2 heterocycles. The van der Waals surface area contributed by atoms with Crippen molar-refractivity contribution in [2.75, 3.05) is 11.1 Å². The molecule has 5 heteroatoms. The number of hydrogen-bond donors (Lipinski definition) is 2. The number of aromatic nitrogens is 3. The number of nitrogens with one attached hydrogen (secondary N) is 1. The normalized spacial score (nSPS) is 10.9. The second-order valence-corrected chi connectivity index (χ2v) is 4.87. The Morgan fingerprint density at radius 3 is 2.80 bits per heavy atom. The summed E-state index contributed by atoms with van der Waals surface area (Å²) in [6, 6.07) is 11.8. The predicted molar refractivity (Wildman–Crippen MR) is 81.4 cm³/mol. The molecule has 2 aromatic heterocycles. The van der Waals surface area contributed by atoms with E-state index in [-0.39, 0.29) is 0 Å². The van der Waals surface area contributed by atoms with Crippen LogP contribution in [0.5, 0.6) is 0 Å². The van der Waals surface area contributed by atoms with Crippen molar-refractivity contribution < 1.29 is 0 Å². The van der Waals surface area contributed by atoms with Gasteiger partial charge in [0.1, 0.15) is 5.82 Å². The summed E-state index contributed by atoms with van der Waals surface area (Å²) in [6.45, 7) is 2.59. The summed E-state index contributed by atoms with van der Waals surface area (Å²) in [6.07, 6.45) is 0. The quantitative estimate of drug-likeness (QED) is 0.765. The summed E-state index contributed by atoms with van der Waals surface area (Å²) >= 11 is 0. The van der Waals surface area contributed by atoms with E-state index in [0.29, 0.717) is 6.54 Å². The maximum absolute atomic E-state index is 6.07. The zero-order valence-electron chi connectivity index (χ0n) is 11.6. The average molecular weight is 267 g/mol. The van der Waals surface area contributed by atoms with Crippen molar-refractivity contribution in [2.24, 2.45) is 7.05 Å². The van der Waals surface area contributed by atoms with Crippen LogP contribution < -0.4 is 11.1 Å². The van der Waals surface area contributed by atoms with Crippen molar-refractivity contribution in [3.63, 3.8) is 0 Å². The zero-order chi connectivity index (χ0) is 14.1. The van der Waals surface area contributed by atoms with Crippen molar-refractivity contribution in [1.29, 1.82) is 0 Å². The monoisotopic (exact) mass is 267 g/mol. The van der Waals surface area contributed by atoms with E-state index in [1.165, 1.54) is 0 Å². The molecule has 20 heavy (non-hydrogen) atoms. The summed E-state index contributed by atoms with van der Waals surface area (Å²) in [7, 11) is 1.91. The number of rotatable bonds is 3. The van der Waals surface area contributed by atoms with Gasteiger partial charge in [-0.25, -0.2) is 0 Å². The Morgan fingerprint density at radius 1 is 1.25 bits per heavy atom. The molecule has 0 aliphatic carbocycles. The standard InChI is InChI=1S/C15H17N5/c1-10-7-15(20(2)19-10)17-9-11-8-13(16)12-5-3-4-6-14(12)18-11/h3-8,17H,9H2,1-2H3,(H2,16,18). The van der Waals surface area contributed by atoms with Crippen LogP contribution in [0, 0.1) is 6.92 Å². The Morgan fingerprint density at radius 2 is 2.05 bits per heavy atom. The lowest BCUT2D eigenvalue weighted by Gasteiger charge is -2.08. The Kier molecular flexibility index (Phi) is 3.02. The predicted octanol–water partition coefficient (Wildman–Crippen LogP) is 2.47. The lowest BCUT2D eigenvalue weighted by atomic mass is 10.1. The fourth-order valence-electron chi connectivity index (χ4n) is 2.31. The third kappa shape index (κ3) is 2.30. The van der Waals surface area contributed by atoms with Crippen molar-refractivity contribution in [1.82, 2.24) is 14.8 Å². The Labute approximate surface area is 117 Å². The first-order chi connectivity index (χ1) is 9.63. The van der Waals surface area contributed by atoms with Crippen molar-refractivity contribution in [3.8, 4) is 0 Å². The maximum atomic E-state index is 6.07. The molecular weight excluding hydrogens is 250 g/mol. The highest BCUT2D eigenvalue weighted by atomic mass is 15.3. The minimum atomic E-state index is 0.619. The van der Waals surface area contributed by atoms with Crippen molar-refractivity contribution in [2.45, 2.75) is 13.5 Å². The lowest BCUT2D eigenvalue weighted by molar-refractivity contribution is 0.757. The highest BCUT2D eigenvalue weighted by Crippen LogP contribution is 2.20. The van der Waals surface area contributed by atoms with Crippen LogP contribution >= 0.6 is 0 Å². The van der Waals surface area contributed by atoms with E-state index < -0.39 is 0 Å². The Balaban J connectivity index is 1.86. The number of pyridine rings is 1. The molecule has 0 saturated carbocycles. The first-order valence-electron chi connectivity index (χ1n) is 6.52. The molecule has 0 aliphatic rings. The topological polar surface area (TPSA) is 68.8 Å². The molecule has 5 nitrogen and oxygen atoms in total. The van der Waals surface area contributed by atoms with E-state index in [1.807, 2.05) is 55.1 Å². The number of aryl methyl sites for hydroxylation is 2. The van der Waals surface area contributed by atoms with E-state index in [0.717, 1.165) is 33.8 Å². The molecule has 0 spiro atoms. The molecule has 0 aliphatic heterocycles. The van der Waals surface area contributed by atoms with Gasteiger partial charge in [0.15, 0.2) is 0 Å². The van der Waals surface area contributed by atoms with E-state index in [2.05, 4.69) is 15.4 Å². The van der Waals surface area contributed by atoms with Crippen LogP contribution in [-0.2, 0) is 13.6 Å². The number of nitrogens with zero attached hydrogens (tertiary/aromatic N) is 3. The van der Waals surface area contributed by atoms with Gasteiger partial charge in [-0.05, 0) is 19.1 Å². The first kappa shape index (κ1) is 12.5. The van der Waals surface area contributed by atoms with Crippen LogP contribution in [0.3, 0.4) is 0 Å². The molecule has 0 atom stereocenters. The highest BCUT2D eigenvalue weighted by Gasteiger charge is 2.05. The molecule has 3 aromatic rings. The number of anilines is 2. The lowest BCUT2D eigenvalue weighted by Crippen LogP contribution is -2.06. The minimum absolute atomic E-state index is 0.619. The summed E-state index contributed by atoms with van der Waals surface area (Å²) in [5, 5.41) is 8.62. The van der Waals surface area contributed by atoms with Crippen LogP contribution in [0.25, 0.3) is 10.9 Å². The highest BCUT2D eigenvalue weighted by molar-refractivity contribution is 5.90. The maximum Gasteiger partial charge on any atom is 0.124 e. The van der Waals surface area contributed by atoms with E-state index in [9.17, 15) is 0 Å². The molecule has 0 saturated heterocycles. The van der Waals surface area contributed by atoms with Crippen molar-refractivity contribution >= 4 is 22.4 Å². The van der Waals surface area contributed by atoms with Crippen LogP contribution in [0.4, 0.5) is 11.5 Å². The molecule has 3 rings (SSSR count). The van der Waals surface area contributed by atoms with Gasteiger partial charge in [0.05, 0.1) is 23.4 Å².